The molecule has 0 radical (unpaired) electrons. The molecule has 0 aromatic carbocycles. The summed E-state index contributed by atoms with van der Waals surface area (Å²) in [5.74, 6) is -0.383. The number of rotatable bonds is 4. The van der Waals surface area contributed by atoms with E-state index in [1.54, 1.807) is 0 Å². The molecule has 2 rings (SSSR count). The molecule has 0 aliphatic carbocycles. The Bertz CT molecular complexity index is 417. The van der Waals surface area contributed by atoms with E-state index < -0.39 is 5.97 Å². The SMILES string of the molecule is CC1CN(Cc2nnnn2CC(=O)O)CC(C)O1.Cl. The molecule has 1 N–H and O–H groups in total. The lowest BCUT2D eigenvalue weighted by molar-refractivity contribution is -0.138. The Morgan fingerprint density at radius 2 is 2.05 bits per heavy atom. The van der Waals surface area contributed by atoms with Crippen LogP contribution in [0, 0.1) is 0 Å². The number of ether oxygens (including phenoxy) is 1. The smallest absolute Gasteiger partial charge is 0.325 e. The zero-order valence-electron chi connectivity index (χ0n) is 10.9. The van der Waals surface area contributed by atoms with Crippen LogP contribution in [0.4, 0.5) is 0 Å². The molecule has 19 heavy (non-hydrogen) atoms. The van der Waals surface area contributed by atoms with E-state index in [0.29, 0.717) is 12.4 Å². The van der Waals surface area contributed by atoms with Gasteiger partial charge in [-0.3, -0.25) is 9.69 Å². The number of nitrogens with zero attached hydrogens (tertiary/aromatic N) is 5. The number of tetrazole rings is 1. The Kier molecular flexibility index (Phi) is 5.64. The lowest BCUT2D eigenvalue weighted by Crippen LogP contribution is -2.45. The van der Waals surface area contributed by atoms with Crippen molar-refractivity contribution in [2.24, 2.45) is 0 Å². The van der Waals surface area contributed by atoms with E-state index in [1.165, 1.54) is 4.68 Å². The summed E-state index contributed by atoms with van der Waals surface area (Å²) in [6.07, 6.45) is 0.329. The second-order valence-corrected chi connectivity index (χ2v) is 4.60. The zero-order chi connectivity index (χ0) is 13.1. The number of hydrogen-bond donors (Lipinski definition) is 1. The largest absolute Gasteiger partial charge is 0.480 e. The molecule has 1 saturated heterocycles. The molecule has 2 atom stereocenters. The molecule has 1 fully saturated rings. The van der Waals surface area contributed by atoms with Gasteiger partial charge in [0.1, 0.15) is 6.54 Å². The number of aromatic nitrogens is 4. The summed E-state index contributed by atoms with van der Waals surface area (Å²) >= 11 is 0. The summed E-state index contributed by atoms with van der Waals surface area (Å²) in [6.45, 7) is 5.95. The summed E-state index contributed by atoms with van der Waals surface area (Å²) in [7, 11) is 0. The molecular formula is C10H18ClN5O3. The van der Waals surface area contributed by atoms with Crippen LogP contribution in [-0.4, -0.2) is 61.5 Å². The molecule has 0 saturated carbocycles. The maximum atomic E-state index is 10.7. The number of halogens is 1. The second kappa shape index (κ2) is 6.78. The van der Waals surface area contributed by atoms with Crippen molar-refractivity contribution in [1.29, 1.82) is 0 Å². The fraction of sp³-hybridized carbons (Fsp3) is 0.800. The molecule has 9 heteroatoms. The minimum atomic E-state index is -0.952. The monoisotopic (exact) mass is 291 g/mol. The highest BCUT2D eigenvalue weighted by molar-refractivity contribution is 5.85. The standard InChI is InChI=1S/C10H17N5O3.ClH/c1-7-3-14(4-8(2)18-7)5-9-11-12-13-15(9)6-10(16)17;/h7-8H,3-6H2,1-2H3,(H,16,17);1H. The van der Waals surface area contributed by atoms with Gasteiger partial charge < -0.3 is 9.84 Å². The Balaban J connectivity index is 0.00000180. The highest BCUT2D eigenvalue weighted by Gasteiger charge is 2.24. The Morgan fingerprint density at radius 1 is 1.42 bits per heavy atom. The second-order valence-electron chi connectivity index (χ2n) is 4.60. The lowest BCUT2D eigenvalue weighted by Gasteiger charge is -2.34. The van der Waals surface area contributed by atoms with Gasteiger partial charge in [-0.15, -0.1) is 17.5 Å². The molecule has 0 spiro atoms. The molecule has 0 amide bonds. The van der Waals surface area contributed by atoms with Crippen molar-refractivity contribution < 1.29 is 14.6 Å². The predicted octanol–water partition coefficient (Wildman–Crippen LogP) is -0.211. The molecule has 8 nitrogen and oxygen atoms in total. The van der Waals surface area contributed by atoms with Crippen LogP contribution in [0.1, 0.15) is 19.7 Å². The summed E-state index contributed by atoms with van der Waals surface area (Å²) in [6, 6.07) is 0. The fourth-order valence-corrected chi connectivity index (χ4v) is 2.20. The molecule has 108 valence electrons. The highest BCUT2D eigenvalue weighted by Crippen LogP contribution is 2.12. The van der Waals surface area contributed by atoms with Crippen molar-refractivity contribution in [3.05, 3.63) is 5.82 Å². The van der Waals surface area contributed by atoms with Crippen LogP contribution in [0.25, 0.3) is 0 Å². The van der Waals surface area contributed by atoms with Crippen molar-refractivity contribution in [2.45, 2.75) is 39.1 Å². The van der Waals surface area contributed by atoms with Gasteiger partial charge in [-0.05, 0) is 24.3 Å². The lowest BCUT2D eigenvalue weighted by atomic mass is 10.2. The van der Waals surface area contributed by atoms with Crippen LogP contribution < -0.4 is 0 Å². The fourth-order valence-electron chi connectivity index (χ4n) is 2.20. The number of aliphatic carboxylic acids is 1. The van der Waals surface area contributed by atoms with E-state index in [9.17, 15) is 4.79 Å². The molecule has 1 aromatic rings. The maximum Gasteiger partial charge on any atom is 0.325 e. The van der Waals surface area contributed by atoms with Crippen LogP contribution >= 0.6 is 12.4 Å². The molecule has 2 heterocycles. The van der Waals surface area contributed by atoms with Gasteiger partial charge in [0.15, 0.2) is 5.82 Å². The highest BCUT2D eigenvalue weighted by atomic mass is 35.5. The Morgan fingerprint density at radius 3 is 2.63 bits per heavy atom. The first kappa shape index (κ1) is 15.8. The van der Waals surface area contributed by atoms with Crippen LogP contribution in [0.2, 0.25) is 0 Å². The maximum absolute atomic E-state index is 10.7. The van der Waals surface area contributed by atoms with Gasteiger partial charge in [-0.1, -0.05) is 0 Å². The van der Waals surface area contributed by atoms with E-state index in [0.717, 1.165) is 13.1 Å². The predicted molar refractivity (Wildman–Crippen MR) is 68.0 cm³/mol. The summed E-state index contributed by atoms with van der Waals surface area (Å²) < 4.78 is 6.95. The third-order valence-electron chi connectivity index (χ3n) is 2.75. The first-order valence-electron chi connectivity index (χ1n) is 5.89. The van der Waals surface area contributed by atoms with Crippen LogP contribution in [-0.2, 0) is 22.6 Å². The first-order valence-corrected chi connectivity index (χ1v) is 5.89. The minimum absolute atomic E-state index is 0. The average molecular weight is 292 g/mol. The summed E-state index contributed by atoms with van der Waals surface area (Å²) in [4.78, 5) is 12.8. The van der Waals surface area contributed by atoms with Gasteiger partial charge in [0, 0.05) is 13.1 Å². The quantitative estimate of drug-likeness (QED) is 0.820. The molecule has 1 aliphatic rings. The molecular weight excluding hydrogens is 274 g/mol. The number of carboxylic acid groups (broad SMARTS) is 1. The molecule has 0 bridgehead atoms. The van der Waals surface area contributed by atoms with Crippen molar-refractivity contribution >= 4 is 18.4 Å². The van der Waals surface area contributed by atoms with Gasteiger partial charge in [0.25, 0.3) is 0 Å². The van der Waals surface area contributed by atoms with E-state index in [4.69, 9.17) is 9.84 Å². The van der Waals surface area contributed by atoms with E-state index >= 15 is 0 Å². The Labute approximate surface area is 117 Å². The normalized spacial score (nSPS) is 23.9. The van der Waals surface area contributed by atoms with E-state index in [-0.39, 0.29) is 31.2 Å². The molecule has 1 aromatic heterocycles. The number of morpholine rings is 1. The molecule has 1 aliphatic heterocycles. The van der Waals surface area contributed by atoms with Gasteiger partial charge in [0.2, 0.25) is 0 Å². The third-order valence-corrected chi connectivity index (χ3v) is 2.75. The summed E-state index contributed by atoms with van der Waals surface area (Å²) in [5, 5.41) is 19.8. The zero-order valence-corrected chi connectivity index (χ0v) is 11.7. The van der Waals surface area contributed by atoms with Crippen LogP contribution in [0.15, 0.2) is 0 Å². The minimum Gasteiger partial charge on any atom is -0.480 e. The van der Waals surface area contributed by atoms with Crippen molar-refractivity contribution in [3.8, 4) is 0 Å². The van der Waals surface area contributed by atoms with Crippen molar-refractivity contribution in [1.82, 2.24) is 25.1 Å². The number of carbonyl (C=O) groups is 1. The average Bonchev–Trinajstić information content (AvgIpc) is 2.63. The van der Waals surface area contributed by atoms with Gasteiger partial charge in [0.05, 0.1) is 18.8 Å². The van der Waals surface area contributed by atoms with Crippen molar-refractivity contribution in [3.63, 3.8) is 0 Å². The topological polar surface area (TPSA) is 93.4 Å². The van der Waals surface area contributed by atoms with E-state index in [2.05, 4.69) is 20.4 Å². The first-order chi connectivity index (χ1) is 8.54. The van der Waals surface area contributed by atoms with Gasteiger partial charge >= 0.3 is 5.97 Å². The molecule has 2 unspecified atom stereocenters. The van der Waals surface area contributed by atoms with Gasteiger partial charge in [-0.25, -0.2) is 4.68 Å². The van der Waals surface area contributed by atoms with Crippen LogP contribution in [0.5, 0.6) is 0 Å². The number of carboxylic acids is 1. The number of hydrogen-bond acceptors (Lipinski definition) is 6. The van der Waals surface area contributed by atoms with Gasteiger partial charge in [-0.2, -0.15) is 0 Å². The van der Waals surface area contributed by atoms with E-state index in [1.807, 2.05) is 13.8 Å². The van der Waals surface area contributed by atoms with Crippen molar-refractivity contribution in [2.75, 3.05) is 13.1 Å². The third kappa shape index (κ3) is 4.41. The van der Waals surface area contributed by atoms with Crippen LogP contribution in [0.3, 0.4) is 0 Å². The Hall–Kier alpha value is -1.25. The summed E-state index contributed by atoms with van der Waals surface area (Å²) in [5.41, 5.74) is 0.